The van der Waals surface area contributed by atoms with E-state index in [0.717, 1.165) is 17.7 Å². The van der Waals surface area contributed by atoms with Gasteiger partial charge in [-0.25, -0.2) is 4.79 Å². The first-order valence-corrected chi connectivity index (χ1v) is 10.3. The van der Waals surface area contributed by atoms with Crippen molar-refractivity contribution in [2.24, 2.45) is 0 Å². The molecular formula is C25H28O5. The number of esters is 1. The second-order valence-electron chi connectivity index (χ2n) is 7.39. The van der Waals surface area contributed by atoms with Gasteiger partial charge in [-0.2, -0.15) is 0 Å². The van der Waals surface area contributed by atoms with E-state index in [9.17, 15) is 15.0 Å². The van der Waals surface area contributed by atoms with Crippen LogP contribution in [0.25, 0.3) is 11.3 Å². The van der Waals surface area contributed by atoms with Gasteiger partial charge in [-0.1, -0.05) is 37.6 Å². The summed E-state index contributed by atoms with van der Waals surface area (Å²) in [7, 11) is 1.27. The molecule has 2 N–H and O–H groups in total. The Morgan fingerprint density at radius 2 is 1.83 bits per heavy atom. The summed E-state index contributed by atoms with van der Waals surface area (Å²) in [5, 5.41) is 20.3. The number of phenolic OH excluding ortho intramolecular Hbond substituents is 1. The molecule has 158 valence electrons. The fourth-order valence-corrected chi connectivity index (χ4v) is 3.36. The number of hydrogen-bond donors (Lipinski definition) is 2. The minimum absolute atomic E-state index is 0.0887. The largest absolute Gasteiger partial charge is 0.507 e. The first-order valence-electron chi connectivity index (χ1n) is 10.3. The molecule has 0 spiro atoms. The smallest absolute Gasteiger partial charge is 0.341 e. The topological polar surface area (TPSA) is 79.9 Å². The van der Waals surface area contributed by atoms with Gasteiger partial charge >= 0.3 is 5.97 Å². The average molecular weight is 408 g/mol. The van der Waals surface area contributed by atoms with Crippen molar-refractivity contribution in [1.29, 1.82) is 0 Å². The SMILES string of the molecule is CCCCc1ccc(C(O)CCc2ccc(-c3ccc(O)c(C(=O)OC)c3)o2)cc1. The third-order valence-electron chi connectivity index (χ3n) is 5.20. The lowest BCUT2D eigenvalue weighted by Gasteiger charge is -2.11. The van der Waals surface area contributed by atoms with Crippen molar-refractivity contribution < 1.29 is 24.2 Å². The van der Waals surface area contributed by atoms with Gasteiger partial charge in [0.25, 0.3) is 0 Å². The van der Waals surface area contributed by atoms with Crippen LogP contribution in [-0.2, 0) is 17.6 Å². The molecule has 1 heterocycles. The van der Waals surface area contributed by atoms with Crippen LogP contribution in [0.4, 0.5) is 0 Å². The zero-order valence-corrected chi connectivity index (χ0v) is 17.4. The first-order chi connectivity index (χ1) is 14.5. The predicted molar refractivity (Wildman–Crippen MR) is 115 cm³/mol. The maximum absolute atomic E-state index is 11.8. The standard InChI is InChI=1S/C25H28O5/c1-3-4-5-17-6-8-18(9-7-17)22(26)14-11-20-12-15-24(30-20)19-10-13-23(27)21(16-19)25(28)29-2/h6-10,12-13,15-16,22,26-27H,3-5,11,14H2,1-2H3. The first kappa shape index (κ1) is 21.7. The number of unbranched alkanes of at least 4 members (excludes halogenated alkanes) is 1. The highest BCUT2D eigenvalue weighted by atomic mass is 16.5. The van der Waals surface area contributed by atoms with E-state index in [4.69, 9.17) is 4.42 Å². The van der Waals surface area contributed by atoms with Crippen LogP contribution in [0, 0.1) is 0 Å². The Morgan fingerprint density at radius 1 is 1.07 bits per heavy atom. The summed E-state index contributed by atoms with van der Waals surface area (Å²) in [6, 6.07) is 16.5. The van der Waals surface area contributed by atoms with Gasteiger partial charge in [0.2, 0.25) is 0 Å². The van der Waals surface area contributed by atoms with Gasteiger partial charge in [0.1, 0.15) is 22.8 Å². The van der Waals surface area contributed by atoms with Crippen LogP contribution in [0.15, 0.2) is 59.0 Å². The van der Waals surface area contributed by atoms with Crippen LogP contribution >= 0.6 is 0 Å². The van der Waals surface area contributed by atoms with Crippen LogP contribution in [0.3, 0.4) is 0 Å². The van der Waals surface area contributed by atoms with Crippen LogP contribution < -0.4 is 0 Å². The van der Waals surface area contributed by atoms with Crippen LogP contribution in [0.2, 0.25) is 0 Å². The van der Waals surface area contributed by atoms with Crippen molar-refractivity contribution in [3.63, 3.8) is 0 Å². The normalized spacial score (nSPS) is 12.0. The lowest BCUT2D eigenvalue weighted by molar-refractivity contribution is 0.0597. The van der Waals surface area contributed by atoms with Crippen molar-refractivity contribution >= 4 is 5.97 Å². The monoisotopic (exact) mass is 408 g/mol. The molecule has 2 aromatic carbocycles. The van der Waals surface area contributed by atoms with Gasteiger partial charge in [0.05, 0.1) is 13.2 Å². The van der Waals surface area contributed by atoms with E-state index in [1.165, 1.54) is 31.6 Å². The molecule has 0 aliphatic heterocycles. The molecule has 30 heavy (non-hydrogen) atoms. The van der Waals surface area contributed by atoms with Gasteiger partial charge < -0.3 is 19.4 Å². The molecule has 3 rings (SSSR count). The summed E-state index contributed by atoms with van der Waals surface area (Å²) in [6.45, 7) is 2.18. The molecule has 0 bridgehead atoms. The van der Waals surface area contributed by atoms with E-state index >= 15 is 0 Å². The van der Waals surface area contributed by atoms with E-state index in [2.05, 4.69) is 23.8 Å². The Balaban J connectivity index is 1.62. The van der Waals surface area contributed by atoms with Crippen molar-refractivity contribution in [1.82, 2.24) is 0 Å². The summed E-state index contributed by atoms with van der Waals surface area (Å²) >= 11 is 0. The number of aliphatic hydroxyl groups excluding tert-OH is 1. The number of phenols is 1. The van der Waals surface area contributed by atoms with E-state index in [1.807, 2.05) is 24.3 Å². The number of carbonyl (C=O) groups excluding carboxylic acids is 1. The maximum atomic E-state index is 11.8. The molecule has 0 aliphatic carbocycles. The Kier molecular flexibility index (Phi) is 7.31. The molecular weight excluding hydrogens is 380 g/mol. The van der Waals surface area contributed by atoms with E-state index in [-0.39, 0.29) is 11.3 Å². The zero-order valence-electron chi connectivity index (χ0n) is 17.4. The van der Waals surface area contributed by atoms with E-state index in [0.29, 0.717) is 24.2 Å². The van der Waals surface area contributed by atoms with Gasteiger partial charge in [-0.05, 0) is 60.7 Å². The van der Waals surface area contributed by atoms with Gasteiger partial charge in [0, 0.05) is 12.0 Å². The van der Waals surface area contributed by atoms with Crippen LogP contribution in [-0.4, -0.2) is 23.3 Å². The minimum atomic E-state index is -0.607. The summed E-state index contributed by atoms with van der Waals surface area (Å²) in [5.74, 6) is 0.590. The quantitative estimate of drug-likeness (QED) is 0.460. The van der Waals surface area contributed by atoms with Gasteiger partial charge in [0.15, 0.2) is 0 Å². The highest BCUT2D eigenvalue weighted by molar-refractivity contribution is 5.93. The average Bonchev–Trinajstić information content (AvgIpc) is 3.25. The molecule has 1 atom stereocenters. The highest BCUT2D eigenvalue weighted by Crippen LogP contribution is 2.29. The number of furan rings is 1. The summed E-state index contributed by atoms with van der Waals surface area (Å²) in [5.41, 5.74) is 2.96. The molecule has 0 fully saturated rings. The molecule has 1 unspecified atom stereocenters. The van der Waals surface area contributed by atoms with Crippen molar-refractivity contribution in [2.75, 3.05) is 7.11 Å². The number of benzene rings is 2. The number of methoxy groups -OCH3 is 1. The lowest BCUT2D eigenvalue weighted by Crippen LogP contribution is -2.01. The van der Waals surface area contributed by atoms with Crippen LogP contribution in [0.5, 0.6) is 5.75 Å². The Hall–Kier alpha value is -3.05. The second-order valence-corrected chi connectivity index (χ2v) is 7.39. The van der Waals surface area contributed by atoms with Crippen molar-refractivity contribution in [3.8, 4) is 17.1 Å². The molecule has 0 amide bonds. The molecule has 0 radical (unpaired) electrons. The summed E-state index contributed by atoms with van der Waals surface area (Å²) in [6.07, 6.45) is 3.98. The van der Waals surface area contributed by atoms with Gasteiger partial charge in [-0.15, -0.1) is 0 Å². The lowest BCUT2D eigenvalue weighted by atomic mass is 10.0. The fraction of sp³-hybridized carbons (Fsp3) is 0.320. The Morgan fingerprint density at radius 3 is 2.53 bits per heavy atom. The minimum Gasteiger partial charge on any atom is -0.507 e. The van der Waals surface area contributed by atoms with Crippen LogP contribution in [0.1, 0.15) is 59.5 Å². The zero-order chi connectivity index (χ0) is 21.5. The molecule has 1 aromatic heterocycles. The van der Waals surface area contributed by atoms with E-state index in [1.54, 1.807) is 12.1 Å². The molecule has 3 aromatic rings. The third-order valence-corrected chi connectivity index (χ3v) is 5.20. The number of aromatic hydroxyl groups is 1. The molecule has 0 aliphatic rings. The van der Waals surface area contributed by atoms with Gasteiger partial charge in [-0.3, -0.25) is 0 Å². The number of aliphatic hydroxyl groups is 1. The number of hydrogen-bond acceptors (Lipinski definition) is 5. The number of aryl methyl sites for hydroxylation is 2. The van der Waals surface area contributed by atoms with Crippen molar-refractivity contribution in [2.45, 2.75) is 45.1 Å². The molecule has 5 heteroatoms. The predicted octanol–water partition coefficient (Wildman–Crippen LogP) is 5.45. The maximum Gasteiger partial charge on any atom is 0.341 e. The summed E-state index contributed by atoms with van der Waals surface area (Å²) < 4.78 is 10.6. The molecule has 5 nitrogen and oxygen atoms in total. The number of ether oxygens (including phenoxy) is 1. The molecule has 0 saturated carbocycles. The fourth-order valence-electron chi connectivity index (χ4n) is 3.36. The Bertz CT molecular complexity index is 971. The third kappa shape index (κ3) is 5.30. The molecule has 0 saturated heterocycles. The van der Waals surface area contributed by atoms with Crippen molar-refractivity contribution in [3.05, 3.63) is 77.0 Å². The highest BCUT2D eigenvalue weighted by Gasteiger charge is 2.15. The number of carbonyl (C=O) groups is 1. The second kappa shape index (κ2) is 10.1. The van der Waals surface area contributed by atoms with E-state index < -0.39 is 12.1 Å². The summed E-state index contributed by atoms with van der Waals surface area (Å²) in [4.78, 5) is 11.8. The number of rotatable bonds is 9. The Labute approximate surface area is 176 Å².